The number of rotatable bonds is 8. The minimum atomic E-state index is -0.657. The molecular weight excluding hydrogens is 603 g/mol. The molecule has 2 amide bonds. The van der Waals surface area contributed by atoms with E-state index in [4.69, 9.17) is 25.8 Å². The molecule has 0 spiro atoms. The molecule has 0 aliphatic carbocycles. The van der Waals surface area contributed by atoms with Crippen molar-refractivity contribution in [3.8, 4) is 28.0 Å². The quantitative estimate of drug-likeness (QED) is 0.252. The van der Waals surface area contributed by atoms with Crippen LogP contribution in [-0.4, -0.2) is 85.7 Å². The van der Waals surface area contributed by atoms with E-state index < -0.39 is 23.7 Å². The summed E-state index contributed by atoms with van der Waals surface area (Å²) < 4.78 is 31.8. The molecule has 2 unspecified atom stereocenters. The van der Waals surface area contributed by atoms with Crippen molar-refractivity contribution in [2.75, 3.05) is 39.7 Å². The van der Waals surface area contributed by atoms with Gasteiger partial charge in [-0.15, -0.1) is 0 Å². The van der Waals surface area contributed by atoms with E-state index in [2.05, 4.69) is 10.6 Å². The summed E-state index contributed by atoms with van der Waals surface area (Å²) in [7, 11) is 4.84. The molecule has 0 bridgehead atoms. The summed E-state index contributed by atoms with van der Waals surface area (Å²) in [6.45, 7) is 2.59. The maximum absolute atomic E-state index is 15.5. The van der Waals surface area contributed by atoms with Gasteiger partial charge >= 0.3 is 0 Å². The molecule has 10 nitrogen and oxygen atoms in total. The van der Waals surface area contributed by atoms with Gasteiger partial charge in [-0.2, -0.15) is 0 Å². The van der Waals surface area contributed by atoms with Crippen molar-refractivity contribution >= 4 is 29.1 Å². The molecule has 0 saturated carbocycles. The molecule has 3 aliphatic heterocycles. The number of hydrogen-bond donors (Lipinski definition) is 3. The van der Waals surface area contributed by atoms with Crippen LogP contribution in [0.3, 0.4) is 0 Å². The van der Waals surface area contributed by atoms with Gasteiger partial charge in [-0.3, -0.25) is 9.59 Å². The molecule has 3 aliphatic rings. The SMILES string of the molecule is COc1cc(-c2cccc(-c3cccc(NC(=O)C4=CN(C)C5OC5N(C)C4=O)c3C)c2Cl)cc(F)c1CN[C@@H]1COC[C@H]1O. The zero-order chi connectivity index (χ0) is 32.0. The Bertz CT molecular complexity index is 1700. The third-order valence-electron chi connectivity index (χ3n) is 8.51. The summed E-state index contributed by atoms with van der Waals surface area (Å²) in [6, 6.07) is 13.8. The number of likely N-dealkylation sites (N-methyl/N-ethyl adjacent to an activating group) is 2. The Hall–Kier alpha value is -4.00. The number of hydrogen-bond acceptors (Lipinski definition) is 8. The molecule has 3 aromatic rings. The van der Waals surface area contributed by atoms with Crippen LogP contribution in [0, 0.1) is 12.7 Å². The number of amides is 2. The number of carbonyl (C=O) groups is 2. The van der Waals surface area contributed by atoms with Gasteiger partial charge in [0.1, 0.15) is 17.1 Å². The summed E-state index contributed by atoms with van der Waals surface area (Å²) in [6.07, 6.45) is 0.194. The van der Waals surface area contributed by atoms with Crippen LogP contribution in [0.5, 0.6) is 5.75 Å². The van der Waals surface area contributed by atoms with Gasteiger partial charge < -0.3 is 39.8 Å². The highest BCUT2D eigenvalue weighted by Crippen LogP contribution is 2.41. The maximum Gasteiger partial charge on any atom is 0.262 e. The minimum Gasteiger partial charge on any atom is -0.496 e. The number of anilines is 1. The molecule has 6 rings (SSSR count). The van der Waals surface area contributed by atoms with Gasteiger partial charge in [0.2, 0.25) is 0 Å². The lowest BCUT2D eigenvalue weighted by molar-refractivity contribution is -0.129. The summed E-state index contributed by atoms with van der Waals surface area (Å²) in [4.78, 5) is 29.4. The summed E-state index contributed by atoms with van der Waals surface area (Å²) in [5.41, 5.74) is 4.16. The number of aliphatic hydroxyl groups excluding tert-OH is 1. The van der Waals surface area contributed by atoms with Crippen molar-refractivity contribution in [1.29, 1.82) is 0 Å². The van der Waals surface area contributed by atoms with Crippen LogP contribution in [-0.2, 0) is 25.6 Å². The summed E-state index contributed by atoms with van der Waals surface area (Å²) in [5.74, 6) is -1.10. The van der Waals surface area contributed by atoms with Gasteiger partial charge in [0.05, 0.1) is 37.5 Å². The van der Waals surface area contributed by atoms with Crippen molar-refractivity contribution in [2.45, 2.75) is 38.1 Å². The first-order valence-corrected chi connectivity index (χ1v) is 14.9. The lowest BCUT2D eigenvalue weighted by atomic mass is 9.94. The zero-order valence-electron chi connectivity index (χ0n) is 25.3. The van der Waals surface area contributed by atoms with Gasteiger partial charge in [-0.25, -0.2) is 4.39 Å². The molecule has 12 heteroatoms. The molecule has 3 N–H and O–H groups in total. The topological polar surface area (TPSA) is 116 Å². The largest absolute Gasteiger partial charge is 0.496 e. The lowest BCUT2D eigenvalue weighted by Gasteiger charge is -2.19. The van der Waals surface area contributed by atoms with Crippen LogP contribution >= 0.6 is 11.6 Å². The Morgan fingerprint density at radius 2 is 1.84 bits per heavy atom. The number of halogens is 2. The average molecular weight is 637 g/mol. The molecule has 0 aromatic heterocycles. The Morgan fingerprint density at radius 1 is 1.11 bits per heavy atom. The molecule has 0 radical (unpaired) electrons. The second-order valence-electron chi connectivity index (χ2n) is 11.4. The lowest BCUT2D eigenvalue weighted by Crippen LogP contribution is -2.38. The maximum atomic E-state index is 15.5. The number of nitrogens with one attached hydrogen (secondary N) is 2. The molecule has 2 saturated heterocycles. The van der Waals surface area contributed by atoms with E-state index in [-0.39, 0.29) is 37.2 Å². The summed E-state index contributed by atoms with van der Waals surface area (Å²) in [5, 5.41) is 16.4. The predicted octanol–water partition coefficient (Wildman–Crippen LogP) is 3.89. The predicted molar refractivity (Wildman–Crippen MR) is 167 cm³/mol. The number of methoxy groups -OCH3 is 1. The van der Waals surface area contributed by atoms with Crippen LogP contribution in [0.2, 0.25) is 5.02 Å². The fourth-order valence-corrected chi connectivity index (χ4v) is 6.11. The normalized spacial score (nSPS) is 22.6. The van der Waals surface area contributed by atoms with E-state index >= 15 is 4.39 Å². The Balaban J connectivity index is 1.27. The zero-order valence-corrected chi connectivity index (χ0v) is 26.0. The minimum absolute atomic E-state index is 0.00278. The molecule has 236 valence electrons. The molecule has 2 fully saturated rings. The van der Waals surface area contributed by atoms with Crippen molar-refractivity contribution in [3.63, 3.8) is 0 Å². The molecule has 45 heavy (non-hydrogen) atoms. The van der Waals surface area contributed by atoms with Crippen LogP contribution in [0.25, 0.3) is 22.3 Å². The van der Waals surface area contributed by atoms with E-state index in [0.29, 0.717) is 45.3 Å². The standard InChI is InChI=1S/C33H34ClFN4O6/c1-17-19(7-6-10-25(17)37-30(41)23-14-38(2)32-33(45-32)39(3)31(23)42)21-9-5-8-20(29(21)34)18-11-24(35)22(28(12-18)43-4)13-36-26-15-44-16-27(26)40/h5-12,14,26-27,32-33,36,40H,13,15-16H2,1-4H3,(H,37,41)/t26-,27-,32?,33?/m1/s1. The van der Waals surface area contributed by atoms with E-state index in [0.717, 1.165) is 11.1 Å². The highest BCUT2D eigenvalue weighted by molar-refractivity contribution is 6.36. The third-order valence-corrected chi connectivity index (χ3v) is 8.91. The number of carbonyl (C=O) groups excluding carboxylic acids is 2. The summed E-state index contributed by atoms with van der Waals surface area (Å²) >= 11 is 6.99. The van der Waals surface area contributed by atoms with Gasteiger partial charge in [-0.1, -0.05) is 41.9 Å². The van der Waals surface area contributed by atoms with Crippen molar-refractivity contribution in [1.82, 2.24) is 15.1 Å². The van der Waals surface area contributed by atoms with Gasteiger partial charge in [0, 0.05) is 49.2 Å². The van der Waals surface area contributed by atoms with E-state index in [1.807, 2.05) is 25.1 Å². The van der Waals surface area contributed by atoms with Crippen LogP contribution in [0.4, 0.5) is 10.1 Å². The second-order valence-corrected chi connectivity index (χ2v) is 11.7. The first kappa shape index (κ1) is 31.0. The fourth-order valence-electron chi connectivity index (χ4n) is 5.78. The van der Waals surface area contributed by atoms with Crippen molar-refractivity contribution < 1.29 is 33.3 Å². The van der Waals surface area contributed by atoms with Gasteiger partial charge in [0.25, 0.3) is 11.8 Å². The van der Waals surface area contributed by atoms with Gasteiger partial charge in [-0.05, 0) is 41.8 Å². The Labute approximate surface area is 265 Å². The molecular formula is C33H34ClFN4O6. The van der Waals surface area contributed by atoms with Crippen molar-refractivity contribution in [2.24, 2.45) is 0 Å². The molecule has 3 heterocycles. The number of benzene rings is 3. The molecule has 4 atom stereocenters. The van der Waals surface area contributed by atoms with E-state index in [1.54, 1.807) is 43.3 Å². The van der Waals surface area contributed by atoms with E-state index in [9.17, 15) is 14.7 Å². The number of nitrogens with zero attached hydrogens (tertiary/aromatic N) is 2. The first-order valence-electron chi connectivity index (χ1n) is 14.5. The third kappa shape index (κ3) is 5.89. The van der Waals surface area contributed by atoms with Crippen molar-refractivity contribution in [3.05, 3.63) is 82.3 Å². The fraction of sp³-hybridized carbons (Fsp3) is 0.333. The van der Waals surface area contributed by atoms with Gasteiger partial charge in [0.15, 0.2) is 12.5 Å². The van der Waals surface area contributed by atoms with E-state index in [1.165, 1.54) is 24.3 Å². The highest BCUT2D eigenvalue weighted by atomic mass is 35.5. The first-order chi connectivity index (χ1) is 21.6. The second kappa shape index (κ2) is 12.4. The smallest absolute Gasteiger partial charge is 0.262 e. The number of epoxide rings is 1. The average Bonchev–Trinajstić information content (AvgIpc) is 3.74. The Morgan fingerprint density at radius 3 is 2.58 bits per heavy atom. The number of ether oxygens (including phenoxy) is 3. The monoisotopic (exact) mass is 636 g/mol. The van der Waals surface area contributed by atoms with Crippen LogP contribution in [0.15, 0.2) is 60.3 Å². The van der Waals surface area contributed by atoms with Crippen LogP contribution in [0.1, 0.15) is 11.1 Å². The Kier molecular flexibility index (Phi) is 8.55. The number of aliphatic hydroxyl groups is 1. The molecule has 3 aromatic carbocycles. The highest BCUT2D eigenvalue weighted by Gasteiger charge is 2.50. The number of fused-ring (bicyclic) bond motifs is 1. The van der Waals surface area contributed by atoms with Crippen LogP contribution < -0.4 is 15.4 Å².